The van der Waals surface area contributed by atoms with Gasteiger partial charge < -0.3 is 5.32 Å². The van der Waals surface area contributed by atoms with E-state index in [0.717, 1.165) is 12.1 Å². The van der Waals surface area contributed by atoms with Crippen LogP contribution in [0.25, 0.3) is 0 Å². The highest BCUT2D eigenvalue weighted by Gasteiger charge is 2.12. The van der Waals surface area contributed by atoms with Crippen LogP contribution in [0.1, 0.15) is 0 Å². The fourth-order valence-electron chi connectivity index (χ4n) is 1.15. The average molecular weight is 328 g/mol. The van der Waals surface area contributed by atoms with Gasteiger partial charge in [-0.3, -0.25) is 0 Å². The maximum Gasteiger partial charge on any atom is 0.245 e. The standard InChI is InChI=1S/C9H3Cl4FN4/c10-4-1-3(14)2-5(11)6(4)15-8-7(12)17-18-9(13)16-8/h1-2H,(H,15,16,18). The lowest BCUT2D eigenvalue weighted by atomic mass is 10.3. The summed E-state index contributed by atoms with van der Waals surface area (Å²) in [7, 11) is 0. The van der Waals surface area contributed by atoms with Gasteiger partial charge in [-0.25, -0.2) is 4.39 Å². The molecule has 0 atom stereocenters. The smallest absolute Gasteiger partial charge is 0.245 e. The molecule has 0 unspecified atom stereocenters. The minimum atomic E-state index is -0.555. The summed E-state index contributed by atoms with van der Waals surface area (Å²) in [5.74, 6) is -0.437. The van der Waals surface area contributed by atoms with E-state index < -0.39 is 5.82 Å². The van der Waals surface area contributed by atoms with Gasteiger partial charge in [0.1, 0.15) is 5.82 Å². The lowest BCUT2D eigenvalue weighted by Crippen LogP contribution is -2.00. The zero-order valence-corrected chi connectivity index (χ0v) is 11.4. The fraction of sp³-hybridized carbons (Fsp3) is 0. The van der Waals surface area contributed by atoms with Crippen LogP contribution in [0.5, 0.6) is 0 Å². The molecule has 4 nitrogen and oxygen atoms in total. The van der Waals surface area contributed by atoms with E-state index in [4.69, 9.17) is 46.4 Å². The molecule has 0 radical (unpaired) electrons. The fourth-order valence-corrected chi connectivity index (χ4v) is 1.96. The van der Waals surface area contributed by atoms with Crippen molar-refractivity contribution in [1.29, 1.82) is 0 Å². The van der Waals surface area contributed by atoms with Crippen LogP contribution in [0.15, 0.2) is 12.1 Å². The van der Waals surface area contributed by atoms with Gasteiger partial charge in [-0.15, -0.1) is 10.2 Å². The Labute approximate surface area is 121 Å². The number of rotatable bonds is 2. The minimum Gasteiger partial charge on any atom is -0.335 e. The number of aromatic nitrogens is 3. The normalized spacial score (nSPS) is 10.5. The Morgan fingerprint density at radius 2 is 1.61 bits per heavy atom. The van der Waals surface area contributed by atoms with E-state index >= 15 is 0 Å². The molecular weight excluding hydrogens is 325 g/mol. The lowest BCUT2D eigenvalue weighted by molar-refractivity contribution is 0.628. The quantitative estimate of drug-likeness (QED) is 0.890. The van der Waals surface area contributed by atoms with Crippen molar-refractivity contribution in [3.05, 3.63) is 38.4 Å². The highest BCUT2D eigenvalue weighted by atomic mass is 35.5. The largest absolute Gasteiger partial charge is 0.335 e. The second kappa shape index (κ2) is 5.40. The first-order valence-electron chi connectivity index (χ1n) is 4.44. The molecule has 0 bridgehead atoms. The van der Waals surface area contributed by atoms with E-state index in [2.05, 4.69) is 20.5 Å². The monoisotopic (exact) mass is 326 g/mol. The molecule has 1 aromatic carbocycles. The van der Waals surface area contributed by atoms with Gasteiger partial charge in [0.25, 0.3) is 0 Å². The molecule has 2 aromatic rings. The minimum absolute atomic E-state index is 0.0177. The van der Waals surface area contributed by atoms with Gasteiger partial charge in [-0.2, -0.15) is 4.98 Å². The number of hydrogen-bond donors (Lipinski definition) is 1. The predicted octanol–water partition coefficient (Wildman–Crippen LogP) is 4.37. The molecule has 0 aliphatic carbocycles. The highest BCUT2D eigenvalue weighted by molar-refractivity contribution is 6.39. The lowest BCUT2D eigenvalue weighted by Gasteiger charge is -2.10. The number of halogens is 5. The third-order valence-corrected chi connectivity index (χ3v) is 2.88. The van der Waals surface area contributed by atoms with Gasteiger partial charge in [0.05, 0.1) is 15.7 Å². The average Bonchev–Trinajstić information content (AvgIpc) is 2.28. The molecule has 2 rings (SSSR count). The van der Waals surface area contributed by atoms with E-state index in [9.17, 15) is 4.39 Å². The summed E-state index contributed by atoms with van der Waals surface area (Å²) < 4.78 is 13.0. The Morgan fingerprint density at radius 3 is 2.22 bits per heavy atom. The predicted molar refractivity (Wildman–Crippen MR) is 69.5 cm³/mol. The van der Waals surface area contributed by atoms with Crippen LogP contribution in [-0.4, -0.2) is 15.2 Å². The molecule has 1 heterocycles. The van der Waals surface area contributed by atoms with Crippen molar-refractivity contribution in [1.82, 2.24) is 15.2 Å². The molecular formula is C9H3Cl4FN4. The number of anilines is 2. The summed E-state index contributed by atoms with van der Waals surface area (Å²) in [6.07, 6.45) is 0. The molecule has 0 spiro atoms. The van der Waals surface area contributed by atoms with Crippen LogP contribution < -0.4 is 5.32 Å². The van der Waals surface area contributed by atoms with Crippen LogP contribution in [0.2, 0.25) is 20.5 Å². The zero-order chi connectivity index (χ0) is 13.3. The van der Waals surface area contributed by atoms with E-state index in [1.165, 1.54) is 0 Å². The van der Waals surface area contributed by atoms with Crippen LogP contribution >= 0.6 is 46.4 Å². The van der Waals surface area contributed by atoms with Crippen LogP contribution in [-0.2, 0) is 0 Å². The number of benzene rings is 1. The Morgan fingerprint density at radius 1 is 1.00 bits per heavy atom. The maximum atomic E-state index is 13.0. The molecule has 0 aliphatic rings. The first-order chi connectivity index (χ1) is 8.47. The summed E-state index contributed by atoms with van der Waals surface area (Å²) in [5.41, 5.74) is 0.248. The molecule has 0 saturated carbocycles. The number of nitrogens with zero attached hydrogens (tertiary/aromatic N) is 3. The molecule has 0 fully saturated rings. The maximum absolute atomic E-state index is 13.0. The first kappa shape index (κ1) is 13.5. The van der Waals surface area contributed by atoms with E-state index in [1.807, 2.05) is 0 Å². The van der Waals surface area contributed by atoms with Crippen LogP contribution in [0.3, 0.4) is 0 Å². The van der Waals surface area contributed by atoms with E-state index in [1.54, 1.807) is 0 Å². The van der Waals surface area contributed by atoms with Crippen molar-refractivity contribution in [2.24, 2.45) is 0 Å². The molecule has 0 amide bonds. The van der Waals surface area contributed by atoms with E-state index in [0.29, 0.717) is 0 Å². The van der Waals surface area contributed by atoms with Gasteiger partial charge in [0, 0.05) is 0 Å². The second-order valence-electron chi connectivity index (χ2n) is 3.09. The molecule has 0 saturated heterocycles. The van der Waals surface area contributed by atoms with Gasteiger partial charge in [0.2, 0.25) is 5.28 Å². The molecule has 18 heavy (non-hydrogen) atoms. The molecule has 1 aromatic heterocycles. The van der Waals surface area contributed by atoms with Crippen molar-refractivity contribution in [3.63, 3.8) is 0 Å². The molecule has 94 valence electrons. The molecule has 9 heteroatoms. The van der Waals surface area contributed by atoms with Gasteiger partial charge in [-0.1, -0.05) is 34.8 Å². The Hall–Kier alpha value is -0.880. The topological polar surface area (TPSA) is 50.7 Å². The second-order valence-corrected chi connectivity index (χ2v) is 4.60. The van der Waals surface area contributed by atoms with Crippen LogP contribution in [0, 0.1) is 5.82 Å². The Kier molecular flexibility index (Phi) is 4.07. The van der Waals surface area contributed by atoms with Crippen molar-refractivity contribution in [2.75, 3.05) is 5.32 Å². The van der Waals surface area contributed by atoms with Crippen LogP contribution in [0.4, 0.5) is 15.9 Å². The summed E-state index contributed by atoms with van der Waals surface area (Å²) in [6.45, 7) is 0. The van der Waals surface area contributed by atoms with Gasteiger partial charge in [0.15, 0.2) is 11.0 Å². The number of nitrogens with one attached hydrogen (secondary N) is 1. The first-order valence-corrected chi connectivity index (χ1v) is 5.96. The Bertz CT molecular complexity index is 584. The third-order valence-electron chi connectivity index (χ3n) is 1.87. The van der Waals surface area contributed by atoms with Crippen molar-refractivity contribution in [2.45, 2.75) is 0 Å². The Balaban J connectivity index is 2.43. The summed E-state index contributed by atoms with van der Waals surface area (Å²) >= 11 is 23.0. The highest BCUT2D eigenvalue weighted by Crippen LogP contribution is 2.34. The number of hydrogen-bond acceptors (Lipinski definition) is 4. The summed E-state index contributed by atoms with van der Waals surface area (Å²) in [4.78, 5) is 3.81. The summed E-state index contributed by atoms with van der Waals surface area (Å²) in [5, 5.41) is 9.74. The molecule has 0 aliphatic heterocycles. The molecule has 1 N–H and O–H groups in total. The van der Waals surface area contributed by atoms with Gasteiger partial charge in [-0.05, 0) is 23.7 Å². The summed E-state index contributed by atoms with van der Waals surface area (Å²) in [6, 6.07) is 2.19. The van der Waals surface area contributed by atoms with E-state index in [-0.39, 0.29) is 32.0 Å². The zero-order valence-electron chi connectivity index (χ0n) is 8.39. The SMILES string of the molecule is Fc1cc(Cl)c(Nc2nc(Cl)nnc2Cl)c(Cl)c1. The third kappa shape index (κ3) is 2.92. The van der Waals surface area contributed by atoms with Gasteiger partial charge >= 0.3 is 0 Å². The van der Waals surface area contributed by atoms with Crippen molar-refractivity contribution >= 4 is 57.9 Å². The van der Waals surface area contributed by atoms with Crippen molar-refractivity contribution < 1.29 is 4.39 Å². The van der Waals surface area contributed by atoms with Crippen molar-refractivity contribution in [3.8, 4) is 0 Å².